The largest absolute Gasteiger partial charge is 0.343 e. The van der Waals surface area contributed by atoms with Crippen molar-refractivity contribution >= 4 is 5.91 Å². The van der Waals surface area contributed by atoms with Crippen molar-refractivity contribution in [2.24, 2.45) is 11.8 Å². The Bertz CT molecular complexity index is 268. The lowest BCUT2D eigenvalue weighted by molar-refractivity contribution is -0.138. The van der Waals surface area contributed by atoms with E-state index >= 15 is 0 Å². The zero-order valence-corrected chi connectivity index (χ0v) is 12.9. The second-order valence-corrected chi connectivity index (χ2v) is 6.34. The Labute approximate surface area is 113 Å². The van der Waals surface area contributed by atoms with Crippen molar-refractivity contribution in [2.45, 2.75) is 59.5 Å². The molecule has 0 aromatic carbocycles. The molecule has 1 saturated heterocycles. The van der Waals surface area contributed by atoms with E-state index in [1.165, 1.54) is 0 Å². The monoisotopic (exact) mass is 254 g/mol. The lowest BCUT2D eigenvalue weighted by Crippen LogP contribution is -2.46. The van der Waals surface area contributed by atoms with Crippen LogP contribution in [-0.4, -0.2) is 47.9 Å². The molecule has 0 aromatic heterocycles. The zero-order chi connectivity index (χ0) is 13.9. The molecule has 1 unspecified atom stereocenters. The summed E-state index contributed by atoms with van der Waals surface area (Å²) in [6, 6.07) is 0.939. The fourth-order valence-corrected chi connectivity index (χ4v) is 2.60. The second-order valence-electron chi connectivity index (χ2n) is 6.34. The predicted octanol–water partition coefficient (Wildman–Crippen LogP) is 2.61. The van der Waals surface area contributed by atoms with Crippen LogP contribution in [0.4, 0.5) is 0 Å². The molecular formula is C15H30N2O. The molecule has 0 aliphatic carbocycles. The van der Waals surface area contributed by atoms with Gasteiger partial charge in [-0.05, 0) is 52.6 Å². The van der Waals surface area contributed by atoms with Gasteiger partial charge in [-0.1, -0.05) is 13.8 Å². The minimum Gasteiger partial charge on any atom is -0.343 e. The number of nitrogens with zero attached hydrogens (tertiary/aromatic N) is 2. The van der Waals surface area contributed by atoms with Crippen molar-refractivity contribution < 1.29 is 4.79 Å². The first kappa shape index (κ1) is 15.5. The zero-order valence-electron chi connectivity index (χ0n) is 12.9. The first-order chi connectivity index (χ1) is 8.34. The molecule has 1 amide bonds. The summed E-state index contributed by atoms with van der Waals surface area (Å²) < 4.78 is 0. The molecule has 1 atom stereocenters. The van der Waals surface area contributed by atoms with Crippen molar-refractivity contribution in [1.29, 1.82) is 0 Å². The summed E-state index contributed by atoms with van der Waals surface area (Å²) in [4.78, 5) is 16.9. The van der Waals surface area contributed by atoms with Gasteiger partial charge in [-0.25, -0.2) is 0 Å². The third kappa shape index (κ3) is 3.71. The van der Waals surface area contributed by atoms with E-state index in [9.17, 15) is 4.79 Å². The van der Waals surface area contributed by atoms with Crippen LogP contribution in [0.1, 0.15) is 47.5 Å². The maximum atomic E-state index is 12.4. The number of carbonyl (C=O) groups excluding carboxylic acids is 1. The first-order valence-electron chi connectivity index (χ1n) is 7.35. The van der Waals surface area contributed by atoms with Crippen LogP contribution in [0.2, 0.25) is 0 Å². The van der Waals surface area contributed by atoms with Crippen molar-refractivity contribution in [3.8, 4) is 0 Å². The fourth-order valence-electron chi connectivity index (χ4n) is 2.60. The Kier molecular flexibility index (Phi) is 5.64. The van der Waals surface area contributed by atoms with E-state index in [1.807, 2.05) is 11.9 Å². The van der Waals surface area contributed by atoms with Crippen LogP contribution in [0.25, 0.3) is 0 Å². The summed E-state index contributed by atoms with van der Waals surface area (Å²) in [5, 5.41) is 0. The van der Waals surface area contributed by atoms with Crippen LogP contribution in [0.3, 0.4) is 0 Å². The molecule has 1 aliphatic heterocycles. The standard InChI is InChI=1S/C15H30N2O/c1-11(2)13(5)16(6)15(18)14-7-9-17(10-8-14)12(3)4/h11-14H,7-10H2,1-6H3. The van der Waals surface area contributed by atoms with Gasteiger partial charge < -0.3 is 9.80 Å². The highest BCUT2D eigenvalue weighted by atomic mass is 16.2. The Morgan fingerprint density at radius 1 is 1.11 bits per heavy atom. The third-order valence-electron chi connectivity index (χ3n) is 4.53. The summed E-state index contributed by atoms with van der Waals surface area (Å²) >= 11 is 0. The van der Waals surface area contributed by atoms with Gasteiger partial charge in [-0.15, -0.1) is 0 Å². The maximum Gasteiger partial charge on any atom is 0.225 e. The number of amides is 1. The van der Waals surface area contributed by atoms with Gasteiger partial charge in [0.1, 0.15) is 0 Å². The molecule has 106 valence electrons. The summed E-state index contributed by atoms with van der Waals surface area (Å²) in [6.07, 6.45) is 2.04. The summed E-state index contributed by atoms with van der Waals surface area (Å²) in [5.74, 6) is 1.11. The Morgan fingerprint density at radius 2 is 1.61 bits per heavy atom. The number of likely N-dealkylation sites (tertiary alicyclic amines) is 1. The molecular weight excluding hydrogens is 224 g/mol. The molecule has 3 heteroatoms. The molecule has 1 heterocycles. The van der Waals surface area contributed by atoms with Gasteiger partial charge in [-0.2, -0.15) is 0 Å². The van der Waals surface area contributed by atoms with E-state index in [2.05, 4.69) is 39.5 Å². The van der Waals surface area contributed by atoms with Crippen LogP contribution in [0.5, 0.6) is 0 Å². The normalized spacial score (nSPS) is 20.4. The van der Waals surface area contributed by atoms with Gasteiger partial charge in [-0.3, -0.25) is 4.79 Å². The average Bonchev–Trinajstić information content (AvgIpc) is 2.36. The van der Waals surface area contributed by atoms with Gasteiger partial charge in [0.15, 0.2) is 0 Å². The van der Waals surface area contributed by atoms with Gasteiger partial charge >= 0.3 is 0 Å². The molecule has 0 N–H and O–H groups in total. The molecule has 0 bridgehead atoms. The van der Waals surface area contributed by atoms with Crippen LogP contribution >= 0.6 is 0 Å². The van der Waals surface area contributed by atoms with Crippen molar-refractivity contribution in [3.63, 3.8) is 0 Å². The van der Waals surface area contributed by atoms with Crippen molar-refractivity contribution in [1.82, 2.24) is 9.80 Å². The van der Waals surface area contributed by atoms with Crippen LogP contribution in [-0.2, 0) is 4.79 Å². The number of piperidine rings is 1. The Balaban J connectivity index is 2.49. The average molecular weight is 254 g/mol. The topological polar surface area (TPSA) is 23.6 Å². The number of carbonyl (C=O) groups is 1. The smallest absolute Gasteiger partial charge is 0.225 e. The van der Waals surface area contributed by atoms with Crippen molar-refractivity contribution in [3.05, 3.63) is 0 Å². The van der Waals surface area contributed by atoms with Crippen LogP contribution in [0.15, 0.2) is 0 Å². The van der Waals surface area contributed by atoms with E-state index in [1.54, 1.807) is 0 Å². The quantitative estimate of drug-likeness (QED) is 0.770. The second kappa shape index (κ2) is 6.55. The minimum absolute atomic E-state index is 0.242. The van der Waals surface area contributed by atoms with Gasteiger partial charge in [0.05, 0.1) is 0 Å². The van der Waals surface area contributed by atoms with Gasteiger partial charge in [0, 0.05) is 25.0 Å². The minimum atomic E-state index is 0.242. The van der Waals surface area contributed by atoms with Gasteiger partial charge in [0.2, 0.25) is 5.91 Å². The SMILES string of the molecule is CC(C)C(C)N(C)C(=O)C1CCN(C(C)C)CC1. The Morgan fingerprint density at radius 3 is 2.00 bits per heavy atom. The number of rotatable bonds is 4. The lowest BCUT2D eigenvalue weighted by atomic mass is 9.93. The van der Waals surface area contributed by atoms with Gasteiger partial charge in [0.25, 0.3) is 0 Å². The predicted molar refractivity (Wildman–Crippen MR) is 76.5 cm³/mol. The summed E-state index contributed by atoms with van der Waals surface area (Å²) in [5.41, 5.74) is 0. The molecule has 0 spiro atoms. The van der Waals surface area contributed by atoms with Crippen LogP contribution < -0.4 is 0 Å². The number of hydrogen-bond donors (Lipinski definition) is 0. The highest BCUT2D eigenvalue weighted by Gasteiger charge is 2.30. The molecule has 0 radical (unpaired) electrons. The molecule has 0 aromatic rings. The summed E-state index contributed by atoms with van der Waals surface area (Å²) in [7, 11) is 1.96. The molecule has 3 nitrogen and oxygen atoms in total. The van der Waals surface area contributed by atoms with E-state index in [4.69, 9.17) is 0 Å². The molecule has 1 rings (SSSR count). The number of hydrogen-bond acceptors (Lipinski definition) is 2. The lowest BCUT2D eigenvalue weighted by Gasteiger charge is -2.37. The molecule has 0 saturated carbocycles. The summed E-state index contributed by atoms with van der Waals surface area (Å²) in [6.45, 7) is 13.1. The van der Waals surface area contributed by atoms with E-state index in [0.29, 0.717) is 23.9 Å². The highest BCUT2D eigenvalue weighted by Crippen LogP contribution is 2.22. The van der Waals surface area contributed by atoms with E-state index in [0.717, 1.165) is 25.9 Å². The fraction of sp³-hybridized carbons (Fsp3) is 0.933. The maximum absolute atomic E-state index is 12.4. The van der Waals surface area contributed by atoms with Crippen LogP contribution in [0, 0.1) is 11.8 Å². The Hall–Kier alpha value is -0.570. The van der Waals surface area contributed by atoms with E-state index in [-0.39, 0.29) is 5.92 Å². The molecule has 1 fully saturated rings. The molecule has 1 aliphatic rings. The third-order valence-corrected chi connectivity index (χ3v) is 4.53. The first-order valence-corrected chi connectivity index (χ1v) is 7.35. The van der Waals surface area contributed by atoms with E-state index < -0.39 is 0 Å². The highest BCUT2D eigenvalue weighted by molar-refractivity contribution is 5.79. The molecule has 18 heavy (non-hydrogen) atoms. The van der Waals surface area contributed by atoms with Crippen molar-refractivity contribution in [2.75, 3.05) is 20.1 Å².